The van der Waals surface area contributed by atoms with Gasteiger partial charge < -0.3 is 0 Å². The van der Waals surface area contributed by atoms with Crippen LogP contribution >= 0.6 is 51.7 Å². The SMILES string of the molecule is CCC(Cc1ccccc1)c1cccc(C(C)(C)I)c1P(Cl)Cl. The molecule has 1 atom stereocenters. The van der Waals surface area contributed by atoms with Crippen LogP contribution in [0.15, 0.2) is 48.5 Å². The van der Waals surface area contributed by atoms with Gasteiger partial charge in [0.2, 0.25) is 0 Å². The van der Waals surface area contributed by atoms with Gasteiger partial charge in [-0.15, -0.1) is 0 Å². The van der Waals surface area contributed by atoms with E-state index in [1.807, 2.05) is 0 Å². The summed E-state index contributed by atoms with van der Waals surface area (Å²) < 4.78 is 0.0124. The van der Waals surface area contributed by atoms with Gasteiger partial charge in [0.05, 0.1) is 0 Å². The summed E-state index contributed by atoms with van der Waals surface area (Å²) in [5.41, 5.74) is 3.94. The Labute approximate surface area is 164 Å². The Balaban J connectivity index is 2.48. The molecule has 0 bridgehead atoms. The second kappa shape index (κ2) is 8.52. The van der Waals surface area contributed by atoms with Crippen LogP contribution in [-0.4, -0.2) is 0 Å². The average molecular weight is 479 g/mol. The van der Waals surface area contributed by atoms with Gasteiger partial charge in [0.25, 0.3) is 0 Å². The minimum atomic E-state index is -1.17. The standard InChI is InChI=1S/C19H22Cl2IP/c1-4-15(13-14-9-6-5-7-10-14)16-11-8-12-17(19(2,3)22)18(16)23(20)21/h5-12,15H,4,13H2,1-3H3. The first-order valence-corrected chi connectivity index (χ1v) is 12.1. The van der Waals surface area contributed by atoms with Gasteiger partial charge in [-0.05, 0) is 49.3 Å². The van der Waals surface area contributed by atoms with E-state index in [9.17, 15) is 0 Å². The molecule has 0 aromatic heterocycles. The van der Waals surface area contributed by atoms with Crippen molar-refractivity contribution in [3.05, 3.63) is 65.2 Å². The molecular weight excluding hydrogens is 457 g/mol. The van der Waals surface area contributed by atoms with Crippen LogP contribution in [0.25, 0.3) is 0 Å². The van der Waals surface area contributed by atoms with Crippen LogP contribution in [0.4, 0.5) is 0 Å². The van der Waals surface area contributed by atoms with Crippen molar-refractivity contribution in [2.45, 2.75) is 43.0 Å². The van der Waals surface area contributed by atoms with Crippen molar-refractivity contribution in [1.29, 1.82) is 0 Å². The molecule has 0 aliphatic rings. The number of hydrogen-bond donors (Lipinski definition) is 0. The zero-order valence-electron chi connectivity index (χ0n) is 13.7. The fourth-order valence-corrected chi connectivity index (χ4v) is 5.72. The van der Waals surface area contributed by atoms with E-state index in [1.54, 1.807) is 0 Å². The van der Waals surface area contributed by atoms with Gasteiger partial charge in [0, 0.05) is 8.73 Å². The molecule has 0 heterocycles. The van der Waals surface area contributed by atoms with Crippen molar-refractivity contribution in [2.24, 2.45) is 0 Å². The summed E-state index contributed by atoms with van der Waals surface area (Å²) in [4.78, 5) is 0. The molecule has 0 nitrogen and oxygen atoms in total. The molecule has 0 aliphatic heterocycles. The Morgan fingerprint density at radius 1 is 1.04 bits per heavy atom. The summed E-state index contributed by atoms with van der Waals surface area (Å²) in [5, 5.41) is 1.16. The molecule has 23 heavy (non-hydrogen) atoms. The van der Waals surface area contributed by atoms with Crippen molar-refractivity contribution in [1.82, 2.24) is 0 Å². The predicted octanol–water partition coefficient (Wildman–Crippen LogP) is 7.51. The molecule has 2 aromatic carbocycles. The van der Waals surface area contributed by atoms with Crippen LogP contribution < -0.4 is 5.30 Å². The van der Waals surface area contributed by atoms with Crippen molar-refractivity contribution in [2.75, 3.05) is 0 Å². The van der Waals surface area contributed by atoms with E-state index in [4.69, 9.17) is 22.5 Å². The molecule has 124 valence electrons. The van der Waals surface area contributed by atoms with Gasteiger partial charge in [-0.2, -0.15) is 0 Å². The maximum atomic E-state index is 6.45. The highest BCUT2D eigenvalue weighted by molar-refractivity contribution is 14.1. The average Bonchev–Trinajstić information content (AvgIpc) is 2.52. The molecule has 0 amide bonds. The first-order chi connectivity index (χ1) is 10.8. The van der Waals surface area contributed by atoms with Gasteiger partial charge in [-0.1, -0.05) is 101 Å². The Morgan fingerprint density at radius 3 is 2.22 bits per heavy atom. The highest BCUT2D eigenvalue weighted by Crippen LogP contribution is 2.51. The number of rotatable bonds is 6. The van der Waals surface area contributed by atoms with E-state index in [0.29, 0.717) is 5.92 Å². The third kappa shape index (κ3) is 5.08. The van der Waals surface area contributed by atoms with E-state index in [2.05, 4.69) is 91.9 Å². The number of benzene rings is 2. The largest absolute Gasteiger partial charge is 0.117 e. The quantitative estimate of drug-likeness (QED) is 0.229. The Hall–Kier alpha value is 0.180. The van der Waals surface area contributed by atoms with E-state index in [0.717, 1.165) is 18.1 Å². The molecule has 2 rings (SSSR count). The lowest BCUT2D eigenvalue weighted by atomic mass is 9.87. The predicted molar refractivity (Wildman–Crippen MR) is 115 cm³/mol. The number of alkyl halides is 1. The zero-order chi connectivity index (χ0) is 17.0. The molecule has 2 aromatic rings. The summed E-state index contributed by atoms with van der Waals surface area (Å²) >= 11 is 15.4. The van der Waals surface area contributed by atoms with Gasteiger partial charge in [0.15, 0.2) is 0 Å². The van der Waals surface area contributed by atoms with Gasteiger partial charge in [-0.3, -0.25) is 0 Å². The first-order valence-electron chi connectivity index (χ1n) is 7.82. The summed E-state index contributed by atoms with van der Waals surface area (Å²) in [7, 11) is 0. The lowest BCUT2D eigenvalue weighted by Gasteiger charge is -2.27. The zero-order valence-corrected chi connectivity index (χ0v) is 18.3. The van der Waals surface area contributed by atoms with Crippen molar-refractivity contribution in [3.63, 3.8) is 0 Å². The normalized spacial score (nSPS) is 13.3. The second-order valence-corrected chi connectivity index (χ2v) is 12.4. The number of halogens is 3. The maximum absolute atomic E-state index is 6.45. The lowest BCUT2D eigenvalue weighted by Crippen LogP contribution is -2.22. The van der Waals surface area contributed by atoms with Gasteiger partial charge in [0.1, 0.15) is 6.63 Å². The Bertz CT molecular complexity index is 636. The molecule has 0 fully saturated rings. The van der Waals surface area contributed by atoms with Crippen molar-refractivity contribution in [3.8, 4) is 0 Å². The molecule has 0 radical (unpaired) electrons. The smallest absolute Gasteiger partial charge is 0.0742 e. The molecule has 0 saturated carbocycles. The summed E-state index contributed by atoms with van der Waals surface area (Å²) in [6, 6.07) is 17.2. The van der Waals surface area contributed by atoms with E-state index in [1.165, 1.54) is 16.7 Å². The summed E-state index contributed by atoms with van der Waals surface area (Å²) in [6.45, 7) is 5.48. The van der Waals surface area contributed by atoms with E-state index < -0.39 is 6.63 Å². The summed E-state index contributed by atoms with van der Waals surface area (Å²) in [5.74, 6) is 0.439. The number of hydrogen-bond acceptors (Lipinski definition) is 0. The molecule has 0 N–H and O–H groups in total. The van der Waals surface area contributed by atoms with Crippen LogP contribution in [-0.2, 0) is 9.84 Å². The van der Waals surface area contributed by atoms with E-state index in [-0.39, 0.29) is 3.42 Å². The highest BCUT2D eigenvalue weighted by atomic mass is 127. The first kappa shape index (κ1) is 19.5. The topological polar surface area (TPSA) is 0 Å². The van der Waals surface area contributed by atoms with Crippen LogP contribution in [0, 0.1) is 0 Å². The molecule has 0 saturated heterocycles. The van der Waals surface area contributed by atoms with Crippen molar-refractivity contribution >= 4 is 57.0 Å². The molecule has 1 unspecified atom stereocenters. The van der Waals surface area contributed by atoms with Crippen molar-refractivity contribution < 1.29 is 0 Å². The Morgan fingerprint density at radius 2 is 1.70 bits per heavy atom. The van der Waals surface area contributed by atoms with E-state index >= 15 is 0 Å². The molecular formula is C19H22Cl2IP. The Kier molecular flexibility index (Phi) is 7.22. The second-order valence-electron chi connectivity index (χ2n) is 6.24. The third-order valence-corrected chi connectivity index (χ3v) is 6.57. The molecule has 0 aliphatic carbocycles. The third-order valence-electron chi connectivity index (χ3n) is 4.13. The summed E-state index contributed by atoms with van der Waals surface area (Å²) in [6.07, 6.45) is 2.09. The van der Waals surface area contributed by atoms with Crippen LogP contribution in [0.3, 0.4) is 0 Å². The maximum Gasteiger partial charge on any atom is 0.117 e. The van der Waals surface area contributed by atoms with Gasteiger partial charge >= 0.3 is 0 Å². The van der Waals surface area contributed by atoms with Crippen LogP contribution in [0.2, 0.25) is 0 Å². The minimum absolute atomic E-state index is 0.0124. The molecule has 0 spiro atoms. The van der Waals surface area contributed by atoms with Gasteiger partial charge in [-0.25, -0.2) is 0 Å². The van der Waals surface area contributed by atoms with Crippen LogP contribution in [0.5, 0.6) is 0 Å². The highest BCUT2D eigenvalue weighted by Gasteiger charge is 2.27. The van der Waals surface area contributed by atoms with Crippen LogP contribution in [0.1, 0.15) is 49.8 Å². The monoisotopic (exact) mass is 478 g/mol. The minimum Gasteiger partial charge on any atom is -0.0742 e. The fraction of sp³-hybridized carbons (Fsp3) is 0.368. The lowest BCUT2D eigenvalue weighted by molar-refractivity contribution is 0.662. The molecule has 4 heteroatoms. The fourth-order valence-electron chi connectivity index (χ4n) is 2.93.